The number of rotatable bonds is 2. The number of nitriles is 1. The van der Waals surface area contributed by atoms with E-state index in [2.05, 4.69) is 31.9 Å². The van der Waals surface area contributed by atoms with Gasteiger partial charge in [-0.1, -0.05) is 15.9 Å². The zero-order valence-electron chi connectivity index (χ0n) is 9.90. The Morgan fingerprint density at radius 2 is 1.89 bits per heavy atom. The monoisotopic (exact) mass is 407 g/mol. The molecule has 0 spiro atoms. The van der Waals surface area contributed by atoms with Gasteiger partial charge in [0.2, 0.25) is 0 Å². The number of benzene rings is 1. The Kier molecular flexibility index (Phi) is 4.35. The van der Waals surface area contributed by atoms with E-state index >= 15 is 0 Å². The quantitative estimate of drug-likeness (QED) is 0.754. The number of sulfone groups is 1. The van der Waals surface area contributed by atoms with Crippen LogP contribution < -0.4 is 0 Å². The fraction of sp³-hybridized carbons (Fsp3) is 0.417. The summed E-state index contributed by atoms with van der Waals surface area (Å²) in [5.74, 6) is 0. The highest BCUT2D eigenvalue weighted by molar-refractivity contribution is 9.11. The molecule has 4 nitrogen and oxygen atoms in total. The van der Waals surface area contributed by atoms with Gasteiger partial charge in [-0.05, 0) is 34.1 Å². The molecule has 0 unspecified atom stereocenters. The summed E-state index contributed by atoms with van der Waals surface area (Å²) in [6.45, 7) is 0.580. The summed E-state index contributed by atoms with van der Waals surface area (Å²) in [4.78, 5) is 0.144. The maximum atomic E-state index is 12.8. The molecule has 0 amide bonds. The van der Waals surface area contributed by atoms with Gasteiger partial charge in [0, 0.05) is 35.0 Å². The topological polar surface area (TPSA) is 67.2 Å². The molecule has 0 saturated carbocycles. The molecule has 7 heteroatoms. The smallest absolute Gasteiger partial charge is 0.198 e. The molecule has 1 saturated heterocycles. The van der Waals surface area contributed by atoms with E-state index in [0.29, 0.717) is 22.2 Å². The van der Waals surface area contributed by atoms with Crippen molar-refractivity contribution >= 4 is 41.7 Å². The summed E-state index contributed by atoms with van der Waals surface area (Å²) < 4.78 is 30.5. The van der Waals surface area contributed by atoms with Gasteiger partial charge in [-0.15, -0.1) is 0 Å². The molecule has 0 radical (unpaired) electrons. The molecular formula is C12H11Br2NO3S. The second-order valence-corrected chi connectivity index (χ2v) is 8.29. The highest BCUT2D eigenvalue weighted by Gasteiger charge is 2.47. The zero-order valence-corrected chi connectivity index (χ0v) is 13.9. The molecule has 1 fully saturated rings. The fourth-order valence-electron chi connectivity index (χ4n) is 2.04. The molecule has 0 atom stereocenters. The van der Waals surface area contributed by atoms with Gasteiger partial charge in [0.05, 0.1) is 11.0 Å². The van der Waals surface area contributed by atoms with Gasteiger partial charge in [0.1, 0.15) is 0 Å². The Morgan fingerprint density at radius 1 is 1.26 bits per heavy atom. The Balaban J connectivity index is 2.58. The average Bonchev–Trinajstić information content (AvgIpc) is 2.42. The van der Waals surface area contributed by atoms with Gasteiger partial charge in [0.15, 0.2) is 14.6 Å². The van der Waals surface area contributed by atoms with E-state index in [-0.39, 0.29) is 17.7 Å². The third kappa shape index (κ3) is 2.59. The van der Waals surface area contributed by atoms with Crippen molar-refractivity contribution in [3.05, 3.63) is 27.1 Å². The van der Waals surface area contributed by atoms with E-state index in [1.54, 1.807) is 12.1 Å². The zero-order chi connectivity index (χ0) is 14.1. The van der Waals surface area contributed by atoms with E-state index < -0.39 is 14.6 Å². The first-order valence-corrected chi connectivity index (χ1v) is 8.68. The predicted molar refractivity (Wildman–Crippen MR) is 77.4 cm³/mol. The molecule has 102 valence electrons. The van der Waals surface area contributed by atoms with Crippen LogP contribution in [0.25, 0.3) is 0 Å². The van der Waals surface area contributed by atoms with Crippen LogP contribution >= 0.6 is 31.9 Å². The van der Waals surface area contributed by atoms with Crippen LogP contribution in [0, 0.1) is 11.3 Å². The summed E-state index contributed by atoms with van der Waals surface area (Å²) in [6, 6.07) is 6.92. The Bertz CT molecular complexity index is 631. The normalized spacial score (nSPS) is 18.8. The molecule has 1 aromatic carbocycles. The van der Waals surface area contributed by atoms with Crippen LogP contribution in [0.4, 0.5) is 0 Å². The van der Waals surface area contributed by atoms with Crippen LogP contribution in [0.5, 0.6) is 0 Å². The van der Waals surface area contributed by atoms with Crippen molar-refractivity contribution in [1.82, 2.24) is 0 Å². The number of hydrogen-bond donors (Lipinski definition) is 0. The number of ether oxygens (including phenoxy) is 1. The van der Waals surface area contributed by atoms with Crippen LogP contribution in [0.3, 0.4) is 0 Å². The fourth-order valence-corrected chi connectivity index (χ4v) is 5.29. The SMILES string of the molecule is N#CC1(S(=O)(=O)c2cc(Br)ccc2Br)CCOCC1. The van der Waals surface area contributed by atoms with Crippen molar-refractivity contribution in [3.8, 4) is 6.07 Å². The third-order valence-corrected chi connectivity index (χ3v) is 7.09. The van der Waals surface area contributed by atoms with Crippen molar-refractivity contribution in [2.75, 3.05) is 13.2 Å². The van der Waals surface area contributed by atoms with E-state index in [1.807, 2.05) is 6.07 Å². The summed E-state index contributed by atoms with van der Waals surface area (Å²) in [7, 11) is -3.74. The Labute approximate surface area is 128 Å². The molecule has 1 heterocycles. The minimum absolute atomic E-state index is 0.144. The highest BCUT2D eigenvalue weighted by atomic mass is 79.9. The minimum atomic E-state index is -3.74. The van der Waals surface area contributed by atoms with E-state index in [9.17, 15) is 13.7 Å². The summed E-state index contributed by atoms with van der Waals surface area (Å²) in [5.41, 5.74) is 0. The molecule has 1 aliphatic heterocycles. The largest absolute Gasteiger partial charge is 0.381 e. The lowest BCUT2D eigenvalue weighted by Gasteiger charge is -2.30. The Hall–Kier alpha value is -0.420. The summed E-state index contributed by atoms with van der Waals surface area (Å²) in [6.07, 6.45) is 0.398. The molecule has 1 aliphatic rings. The Morgan fingerprint density at radius 3 is 2.47 bits per heavy atom. The molecule has 0 N–H and O–H groups in total. The van der Waals surface area contributed by atoms with E-state index in [1.165, 1.54) is 6.07 Å². The first-order chi connectivity index (χ1) is 8.93. The number of halogens is 2. The first-order valence-electron chi connectivity index (χ1n) is 5.62. The lowest BCUT2D eigenvalue weighted by atomic mass is 10.0. The number of hydrogen-bond acceptors (Lipinski definition) is 4. The van der Waals surface area contributed by atoms with Gasteiger partial charge in [-0.3, -0.25) is 0 Å². The van der Waals surface area contributed by atoms with Crippen LogP contribution in [0.2, 0.25) is 0 Å². The van der Waals surface area contributed by atoms with E-state index in [4.69, 9.17) is 4.74 Å². The van der Waals surface area contributed by atoms with Crippen LogP contribution in [-0.2, 0) is 14.6 Å². The first kappa shape index (κ1) is 15.0. The lowest BCUT2D eigenvalue weighted by molar-refractivity contribution is 0.0863. The second-order valence-electron chi connectivity index (χ2n) is 4.30. The standard InChI is InChI=1S/C12H11Br2NO3S/c13-9-1-2-10(14)11(7-9)19(16,17)12(8-15)3-5-18-6-4-12/h1-2,7H,3-6H2. The lowest BCUT2D eigenvalue weighted by Crippen LogP contribution is -2.42. The van der Waals surface area contributed by atoms with Crippen LogP contribution in [-0.4, -0.2) is 26.4 Å². The third-order valence-electron chi connectivity index (χ3n) is 3.20. The van der Waals surface area contributed by atoms with Crippen LogP contribution in [0.1, 0.15) is 12.8 Å². The van der Waals surface area contributed by atoms with Crippen molar-refractivity contribution in [3.63, 3.8) is 0 Å². The second kappa shape index (κ2) is 5.52. The van der Waals surface area contributed by atoms with Gasteiger partial charge in [-0.25, -0.2) is 8.42 Å². The molecule has 19 heavy (non-hydrogen) atoms. The highest BCUT2D eigenvalue weighted by Crippen LogP contribution is 2.38. The minimum Gasteiger partial charge on any atom is -0.381 e. The summed E-state index contributed by atoms with van der Waals surface area (Å²) >= 11 is 6.51. The van der Waals surface area contributed by atoms with Gasteiger partial charge in [-0.2, -0.15) is 5.26 Å². The van der Waals surface area contributed by atoms with Crippen molar-refractivity contribution in [1.29, 1.82) is 5.26 Å². The van der Waals surface area contributed by atoms with Crippen LogP contribution in [0.15, 0.2) is 32.0 Å². The number of nitrogens with zero attached hydrogens (tertiary/aromatic N) is 1. The van der Waals surface area contributed by atoms with Gasteiger partial charge in [0.25, 0.3) is 0 Å². The molecule has 0 aromatic heterocycles. The maximum absolute atomic E-state index is 12.8. The van der Waals surface area contributed by atoms with E-state index in [0.717, 1.165) is 0 Å². The van der Waals surface area contributed by atoms with Gasteiger partial charge >= 0.3 is 0 Å². The van der Waals surface area contributed by atoms with Crippen molar-refractivity contribution < 1.29 is 13.2 Å². The molecule has 0 bridgehead atoms. The van der Waals surface area contributed by atoms with Gasteiger partial charge < -0.3 is 4.74 Å². The molecule has 2 rings (SSSR count). The molecule has 0 aliphatic carbocycles. The van der Waals surface area contributed by atoms with Crippen molar-refractivity contribution in [2.45, 2.75) is 22.5 Å². The average molecular weight is 409 g/mol. The maximum Gasteiger partial charge on any atom is 0.198 e. The summed E-state index contributed by atoms with van der Waals surface area (Å²) in [5, 5.41) is 9.39. The van der Waals surface area contributed by atoms with Crippen molar-refractivity contribution in [2.24, 2.45) is 0 Å². The predicted octanol–water partition coefficient (Wildman–Crippen LogP) is 3.06. The molecular weight excluding hydrogens is 398 g/mol. The molecule has 1 aromatic rings.